The molecular formula is C7H12N3+. The Morgan fingerprint density at radius 1 is 1.70 bits per heavy atom. The van der Waals surface area contributed by atoms with Gasteiger partial charge in [0.05, 0.1) is 0 Å². The van der Waals surface area contributed by atoms with Crippen LogP contribution in [0.25, 0.3) is 0 Å². The van der Waals surface area contributed by atoms with E-state index < -0.39 is 0 Å². The Morgan fingerprint density at radius 3 is 2.90 bits per heavy atom. The molecule has 0 unspecified atom stereocenters. The van der Waals surface area contributed by atoms with Gasteiger partial charge in [-0.2, -0.15) is 5.84 Å². The van der Waals surface area contributed by atoms with Crippen molar-refractivity contribution in [3.8, 4) is 0 Å². The summed E-state index contributed by atoms with van der Waals surface area (Å²) in [5.41, 5.74) is 2.18. The van der Waals surface area contributed by atoms with Crippen LogP contribution in [0.1, 0.15) is 18.2 Å². The van der Waals surface area contributed by atoms with Gasteiger partial charge in [0.25, 0.3) is 0 Å². The first-order valence-corrected chi connectivity index (χ1v) is 3.37. The van der Waals surface area contributed by atoms with Crippen LogP contribution in [0.5, 0.6) is 0 Å². The maximum atomic E-state index is 5.44. The van der Waals surface area contributed by atoms with Crippen LogP contribution >= 0.6 is 0 Å². The van der Waals surface area contributed by atoms with Gasteiger partial charge in [0.1, 0.15) is 5.69 Å². The van der Waals surface area contributed by atoms with E-state index in [2.05, 4.69) is 12.0 Å². The third kappa shape index (κ3) is 1.43. The molecule has 0 aliphatic rings. The van der Waals surface area contributed by atoms with Crippen molar-refractivity contribution < 1.29 is 4.79 Å². The van der Waals surface area contributed by atoms with Gasteiger partial charge in [0, 0.05) is 15.5 Å². The lowest BCUT2D eigenvalue weighted by atomic mass is 10.2. The Labute approximate surface area is 60.5 Å². The highest BCUT2D eigenvalue weighted by Gasteiger charge is 2.00. The maximum Gasteiger partial charge on any atom is 0.233 e. The van der Waals surface area contributed by atoms with Crippen LogP contribution in [0, 0.1) is 6.92 Å². The number of hydrogen-bond acceptors (Lipinski definition) is 2. The van der Waals surface area contributed by atoms with E-state index in [1.54, 1.807) is 6.20 Å². The molecule has 0 fully saturated rings. The standard InChI is InChI=1S/C7H12N3/c1-3-7-4-6(2)5-10(8)9-7/h4-5H,3H2,1-2H3,(H2,8,9)/q+1. The van der Waals surface area contributed by atoms with Crippen molar-refractivity contribution in [1.29, 1.82) is 0 Å². The highest BCUT2D eigenvalue weighted by molar-refractivity contribution is 5.07. The van der Waals surface area contributed by atoms with Crippen molar-refractivity contribution in [2.24, 2.45) is 0 Å². The van der Waals surface area contributed by atoms with E-state index in [0.29, 0.717) is 0 Å². The van der Waals surface area contributed by atoms with Gasteiger partial charge in [-0.1, -0.05) is 6.92 Å². The maximum absolute atomic E-state index is 5.44. The predicted molar refractivity (Wildman–Crippen MR) is 38.7 cm³/mol. The molecule has 0 saturated carbocycles. The Kier molecular flexibility index (Phi) is 1.85. The van der Waals surface area contributed by atoms with E-state index in [1.807, 2.05) is 13.0 Å². The van der Waals surface area contributed by atoms with Gasteiger partial charge in [-0.05, 0) is 19.4 Å². The first-order valence-electron chi connectivity index (χ1n) is 3.37. The lowest BCUT2D eigenvalue weighted by Gasteiger charge is -1.91. The Morgan fingerprint density at radius 2 is 2.40 bits per heavy atom. The minimum Gasteiger partial charge on any atom is -0.181 e. The Bertz CT molecular complexity index is 212. The van der Waals surface area contributed by atoms with Gasteiger partial charge in [-0.3, -0.25) is 0 Å². The third-order valence-corrected chi connectivity index (χ3v) is 1.34. The Balaban J connectivity index is 3.06. The number of aryl methyl sites for hydroxylation is 2. The van der Waals surface area contributed by atoms with Gasteiger partial charge < -0.3 is 0 Å². The number of rotatable bonds is 1. The lowest BCUT2D eigenvalue weighted by Crippen LogP contribution is -2.48. The molecule has 2 N–H and O–H groups in total. The van der Waals surface area contributed by atoms with E-state index in [9.17, 15) is 0 Å². The summed E-state index contributed by atoms with van der Waals surface area (Å²) in [5, 5.41) is 4.05. The summed E-state index contributed by atoms with van der Waals surface area (Å²) in [6, 6.07) is 2.03. The summed E-state index contributed by atoms with van der Waals surface area (Å²) in [7, 11) is 0. The second-order valence-electron chi connectivity index (χ2n) is 2.34. The van der Waals surface area contributed by atoms with E-state index in [-0.39, 0.29) is 0 Å². The van der Waals surface area contributed by atoms with Gasteiger partial charge >= 0.3 is 0 Å². The number of nitrogens with zero attached hydrogens (tertiary/aromatic N) is 2. The Hall–Kier alpha value is -1.12. The summed E-state index contributed by atoms with van der Waals surface area (Å²) in [6.07, 6.45) is 2.72. The smallest absolute Gasteiger partial charge is 0.181 e. The minimum atomic E-state index is 0.929. The highest BCUT2D eigenvalue weighted by atomic mass is 15.5. The van der Waals surface area contributed by atoms with Gasteiger partial charge in [-0.15, -0.1) is 0 Å². The largest absolute Gasteiger partial charge is 0.233 e. The van der Waals surface area contributed by atoms with Crippen LogP contribution in [0.2, 0.25) is 0 Å². The fraction of sp³-hybridized carbons (Fsp3) is 0.429. The molecule has 3 heteroatoms. The fourth-order valence-corrected chi connectivity index (χ4v) is 0.888. The summed E-state index contributed by atoms with van der Waals surface area (Å²) >= 11 is 0. The number of nitrogen functional groups attached to an aromatic ring is 1. The molecule has 0 radical (unpaired) electrons. The second kappa shape index (κ2) is 2.64. The van der Waals surface area contributed by atoms with Crippen molar-refractivity contribution in [2.45, 2.75) is 20.3 Å². The van der Waals surface area contributed by atoms with E-state index >= 15 is 0 Å². The number of nitrogens with two attached hydrogens (primary N) is 1. The zero-order valence-corrected chi connectivity index (χ0v) is 6.33. The molecule has 1 rings (SSSR count). The molecule has 0 aromatic carbocycles. The van der Waals surface area contributed by atoms with Crippen molar-refractivity contribution in [2.75, 3.05) is 5.84 Å². The third-order valence-electron chi connectivity index (χ3n) is 1.34. The summed E-state index contributed by atoms with van der Waals surface area (Å²) < 4.78 is 0. The molecule has 0 aliphatic heterocycles. The van der Waals surface area contributed by atoms with Gasteiger partial charge in [0.2, 0.25) is 6.20 Å². The first kappa shape index (κ1) is 6.99. The van der Waals surface area contributed by atoms with E-state index in [1.165, 1.54) is 4.79 Å². The lowest BCUT2D eigenvalue weighted by molar-refractivity contribution is -0.701. The van der Waals surface area contributed by atoms with Crippen LogP contribution in [-0.2, 0) is 6.42 Å². The SMILES string of the molecule is CCc1cc(C)c[n+](N)n1. The van der Waals surface area contributed by atoms with Gasteiger partial charge in [0.15, 0.2) is 0 Å². The van der Waals surface area contributed by atoms with Crippen LogP contribution < -0.4 is 10.6 Å². The van der Waals surface area contributed by atoms with Crippen LogP contribution in [-0.4, -0.2) is 5.10 Å². The molecular weight excluding hydrogens is 126 g/mol. The van der Waals surface area contributed by atoms with Crippen LogP contribution in [0.4, 0.5) is 0 Å². The monoisotopic (exact) mass is 138 g/mol. The second-order valence-corrected chi connectivity index (χ2v) is 2.34. The number of aromatic nitrogens is 2. The predicted octanol–water partition coefficient (Wildman–Crippen LogP) is -0.0463. The van der Waals surface area contributed by atoms with Crippen molar-refractivity contribution in [3.63, 3.8) is 0 Å². The summed E-state index contributed by atoms with van der Waals surface area (Å²) in [4.78, 5) is 1.36. The molecule has 0 bridgehead atoms. The molecule has 0 atom stereocenters. The van der Waals surface area contributed by atoms with Crippen molar-refractivity contribution >= 4 is 0 Å². The van der Waals surface area contributed by atoms with Crippen LogP contribution in [0.3, 0.4) is 0 Å². The molecule has 54 valence electrons. The van der Waals surface area contributed by atoms with Crippen molar-refractivity contribution in [3.05, 3.63) is 23.5 Å². The molecule has 10 heavy (non-hydrogen) atoms. The summed E-state index contributed by atoms with van der Waals surface area (Å²) in [5.74, 6) is 5.44. The molecule has 1 aromatic heterocycles. The van der Waals surface area contributed by atoms with E-state index in [4.69, 9.17) is 5.84 Å². The van der Waals surface area contributed by atoms with Crippen LogP contribution in [0.15, 0.2) is 12.3 Å². The van der Waals surface area contributed by atoms with E-state index in [0.717, 1.165) is 17.7 Å². The summed E-state index contributed by atoms with van der Waals surface area (Å²) in [6.45, 7) is 4.06. The van der Waals surface area contributed by atoms with Crippen molar-refractivity contribution in [1.82, 2.24) is 5.10 Å². The average Bonchev–Trinajstić information content (AvgIpc) is 1.85. The topological polar surface area (TPSA) is 42.8 Å². The molecule has 0 spiro atoms. The molecule has 1 heterocycles. The highest BCUT2D eigenvalue weighted by Crippen LogP contribution is 1.95. The molecule has 0 saturated heterocycles. The quantitative estimate of drug-likeness (QED) is 0.437. The first-order chi connectivity index (χ1) is 4.72. The molecule has 0 amide bonds. The fourth-order valence-electron chi connectivity index (χ4n) is 0.888. The molecule has 0 aliphatic carbocycles. The molecule has 1 aromatic rings. The van der Waals surface area contributed by atoms with Gasteiger partial charge in [-0.25, -0.2) is 0 Å². The zero-order valence-electron chi connectivity index (χ0n) is 6.33. The molecule has 3 nitrogen and oxygen atoms in total. The minimum absolute atomic E-state index is 0.929. The zero-order chi connectivity index (χ0) is 7.56. The average molecular weight is 138 g/mol. The number of hydrogen-bond donors (Lipinski definition) is 1. The normalized spacial score (nSPS) is 9.80.